The Morgan fingerprint density at radius 1 is 1.20 bits per heavy atom. The molecule has 0 spiro atoms. The maximum absolute atomic E-state index is 9.92. The van der Waals surface area contributed by atoms with E-state index in [0.717, 1.165) is 22.1 Å². The molecule has 1 atom stereocenters. The Hall–Kier alpha value is -1.03. The number of aliphatic hydroxyl groups excluding tert-OH is 1. The molecule has 106 valence electrons. The second kappa shape index (κ2) is 6.61. The molecule has 0 saturated carbocycles. The smallest absolute Gasteiger partial charge is 0.0854 e. The van der Waals surface area contributed by atoms with E-state index in [2.05, 4.69) is 21.2 Å². The van der Waals surface area contributed by atoms with Crippen molar-refractivity contribution in [3.8, 4) is 0 Å². The first kappa shape index (κ1) is 15.4. The first-order chi connectivity index (χ1) is 9.59. The summed E-state index contributed by atoms with van der Waals surface area (Å²) in [5.41, 5.74) is 1.42. The van der Waals surface area contributed by atoms with Gasteiger partial charge < -0.3 is 10.4 Å². The molecule has 1 unspecified atom stereocenters. The van der Waals surface area contributed by atoms with E-state index in [1.54, 1.807) is 0 Å². The van der Waals surface area contributed by atoms with Crippen molar-refractivity contribution in [2.75, 3.05) is 11.9 Å². The molecule has 4 heteroatoms. The number of hydrogen-bond acceptors (Lipinski definition) is 2. The number of halogens is 2. The number of nitrogens with one attached hydrogen (secondary N) is 1. The van der Waals surface area contributed by atoms with Crippen LogP contribution in [0.2, 0.25) is 5.02 Å². The minimum absolute atomic E-state index is 0.0000931. The molecule has 0 aliphatic heterocycles. The summed E-state index contributed by atoms with van der Waals surface area (Å²) in [6.45, 7) is 2.04. The lowest BCUT2D eigenvalue weighted by Crippen LogP contribution is -2.38. The Morgan fingerprint density at radius 2 is 1.90 bits per heavy atom. The fourth-order valence-electron chi connectivity index (χ4n) is 2.20. The van der Waals surface area contributed by atoms with E-state index in [-0.39, 0.29) is 6.61 Å². The Balaban J connectivity index is 2.36. The molecule has 0 radical (unpaired) electrons. The maximum Gasteiger partial charge on any atom is 0.0854 e. The minimum Gasteiger partial charge on any atom is -0.394 e. The predicted molar refractivity (Wildman–Crippen MR) is 88.3 cm³/mol. The van der Waals surface area contributed by atoms with Crippen molar-refractivity contribution in [3.63, 3.8) is 0 Å². The van der Waals surface area contributed by atoms with Gasteiger partial charge in [-0.2, -0.15) is 0 Å². The van der Waals surface area contributed by atoms with Crippen LogP contribution in [0, 0.1) is 0 Å². The van der Waals surface area contributed by atoms with Gasteiger partial charge in [0.2, 0.25) is 0 Å². The number of benzene rings is 2. The van der Waals surface area contributed by atoms with E-state index in [1.807, 2.05) is 55.5 Å². The molecule has 0 heterocycles. The molecule has 20 heavy (non-hydrogen) atoms. The molecule has 2 N–H and O–H groups in total. The van der Waals surface area contributed by atoms with Gasteiger partial charge in [0.25, 0.3) is 0 Å². The molecule has 0 amide bonds. The Bertz CT molecular complexity index is 567. The van der Waals surface area contributed by atoms with E-state index in [9.17, 15) is 5.11 Å². The standard InChI is InChI=1S/C16H17BrClNO/c1-2-16(11-20,12-4-3-5-14(18)10-12)19-15-8-6-13(17)7-9-15/h3-10,19-20H,2,11H2,1H3. The summed E-state index contributed by atoms with van der Waals surface area (Å²) in [6, 6.07) is 15.5. The SMILES string of the molecule is CCC(CO)(Nc1ccc(Br)cc1)c1cccc(Cl)c1. The monoisotopic (exact) mass is 353 g/mol. The summed E-state index contributed by atoms with van der Waals surface area (Å²) < 4.78 is 1.02. The van der Waals surface area contributed by atoms with Gasteiger partial charge in [0.05, 0.1) is 12.1 Å². The van der Waals surface area contributed by atoms with Gasteiger partial charge in [-0.1, -0.05) is 46.6 Å². The average Bonchev–Trinajstić information content (AvgIpc) is 2.47. The topological polar surface area (TPSA) is 32.3 Å². The zero-order valence-corrected chi connectivity index (χ0v) is 13.6. The minimum atomic E-state index is -0.529. The lowest BCUT2D eigenvalue weighted by molar-refractivity contribution is 0.207. The summed E-state index contributed by atoms with van der Waals surface area (Å²) >= 11 is 9.49. The van der Waals surface area contributed by atoms with E-state index in [4.69, 9.17) is 11.6 Å². The van der Waals surface area contributed by atoms with Gasteiger partial charge in [-0.3, -0.25) is 0 Å². The molecular formula is C16H17BrClNO. The van der Waals surface area contributed by atoms with Gasteiger partial charge in [-0.15, -0.1) is 0 Å². The van der Waals surface area contributed by atoms with Crippen LogP contribution in [-0.2, 0) is 5.54 Å². The van der Waals surface area contributed by atoms with Crippen LogP contribution < -0.4 is 5.32 Å². The molecular weight excluding hydrogens is 338 g/mol. The summed E-state index contributed by atoms with van der Waals surface area (Å²) in [5, 5.41) is 14.0. The van der Waals surface area contributed by atoms with E-state index in [1.165, 1.54) is 0 Å². The van der Waals surface area contributed by atoms with Gasteiger partial charge in [0.15, 0.2) is 0 Å². The van der Waals surface area contributed by atoms with Crippen molar-refractivity contribution in [1.29, 1.82) is 0 Å². The normalized spacial score (nSPS) is 13.8. The molecule has 0 fully saturated rings. The second-order valence-electron chi connectivity index (χ2n) is 4.74. The number of anilines is 1. The van der Waals surface area contributed by atoms with E-state index >= 15 is 0 Å². The fourth-order valence-corrected chi connectivity index (χ4v) is 2.66. The van der Waals surface area contributed by atoms with E-state index < -0.39 is 5.54 Å². The highest BCUT2D eigenvalue weighted by Crippen LogP contribution is 2.31. The molecule has 0 aliphatic rings. The molecule has 2 nitrogen and oxygen atoms in total. The third-order valence-corrected chi connectivity index (χ3v) is 4.24. The Morgan fingerprint density at radius 3 is 2.45 bits per heavy atom. The fraction of sp³-hybridized carbons (Fsp3) is 0.250. The summed E-state index contributed by atoms with van der Waals surface area (Å²) in [7, 11) is 0. The predicted octanol–water partition coefficient (Wildman–Crippen LogP) is 4.81. The first-order valence-corrected chi connectivity index (χ1v) is 7.67. The van der Waals surface area contributed by atoms with Crippen molar-refractivity contribution in [2.45, 2.75) is 18.9 Å². The van der Waals surface area contributed by atoms with Crippen LogP contribution in [-0.4, -0.2) is 11.7 Å². The van der Waals surface area contributed by atoms with Crippen molar-refractivity contribution in [3.05, 3.63) is 63.6 Å². The third-order valence-electron chi connectivity index (χ3n) is 3.48. The zero-order chi connectivity index (χ0) is 14.6. The van der Waals surface area contributed by atoms with Crippen LogP contribution >= 0.6 is 27.5 Å². The second-order valence-corrected chi connectivity index (χ2v) is 6.09. The van der Waals surface area contributed by atoms with Gasteiger partial charge in [0, 0.05) is 15.2 Å². The van der Waals surface area contributed by atoms with Crippen LogP contribution in [0.3, 0.4) is 0 Å². The molecule has 2 aromatic rings. The highest BCUT2D eigenvalue weighted by atomic mass is 79.9. The van der Waals surface area contributed by atoms with Crippen molar-refractivity contribution in [2.24, 2.45) is 0 Å². The van der Waals surface area contributed by atoms with Crippen molar-refractivity contribution >= 4 is 33.2 Å². The Labute approximate surface area is 132 Å². The first-order valence-electron chi connectivity index (χ1n) is 6.50. The molecule has 0 saturated heterocycles. The number of aliphatic hydroxyl groups is 1. The van der Waals surface area contributed by atoms with Crippen LogP contribution in [0.25, 0.3) is 0 Å². The number of rotatable bonds is 5. The lowest BCUT2D eigenvalue weighted by atomic mass is 9.87. The van der Waals surface area contributed by atoms with Crippen LogP contribution in [0.4, 0.5) is 5.69 Å². The highest BCUT2D eigenvalue weighted by Gasteiger charge is 2.29. The van der Waals surface area contributed by atoms with Gasteiger partial charge >= 0.3 is 0 Å². The average molecular weight is 355 g/mol. The quantitative estimate of drug-likeness (QED) is 0.807. The van der Waals surface area contributed by atoms with Crippen LogP contribution in [0.5, 0.6) is 0 Å². The molecule has 0 bridgehead atoms. The molecule has 0 aromatic heterocycles. The number of hydrogen-bond donors (Lipinski definition) is 2. The van der Waals surface area contributed by atoms with Gasteiger partial charge in [-0.25, -0.2) is 0 Å². The van der Waals surface area contributed by atoms with Gasteiger partial charge in [0.1, 0.15) is 0 Å². The molecule has 0 aliphatic carbocycles. The summed E-state index contributed by atoms with van der Waals surface area (Å²) in [5.74, 6) is 0. The van der Waals surface area contributed by atoms with Crippen molar-refractivity contribution < 1.29 is 5.11 Å². The highest BCUT2D eigenvalue weighted by molar-refractivity contribution is 9.10. The summed E-state index contributed by atoms with van der Waals surface area (Å²) in [6.07, 6.45) is 0.750. The van der Waals surface area contributed by atoms with Gasteiger partial charge in [-0.05, 0) is 48.4 Å². The zero-order valence-electron chi connectivity index (χ0n) is 11.2. The van der Waals surface area contributed by atoms with E-state index in [0.29, 0.717) is 5.02 Å². The van der Waals surface area contributed by atoms with Crippen molar-refractivity contribution in [1.82, 2.24) is 0 Å². The lowest BCUT2D eigenvalue weighted by Gasteiger charge is -2.34. The summed E-state index contributed by atoms with van der Waals surface area (Å²) in [4.78, 5) is 0. The third kappa shape index (κ3) is 3.35. The maximum atomic E-state index is 9.92. The largest absolute Gasteiger partial charge is 0.394 e. The Kier molecular flexibility index (Phi) is 5.08. The molecule has 2 aromatic carbocycles. The van der Waals surface area contributed by atoms with Crippen LogP contribution in [0.15, 0.2) is 53.0 Å². The molecule has 2 rings (SSSR count). The van der Waals surface area contributed by atoms with Crippen LogP contribution in [0.1, 0.15) is 18.9 Å².